The topological polar surface area (TPSA) is 90.5 Å². The zero-order valence-corrected chi connectivity index (χ0v) is 18.0. The van der Waals surface area contributed by atoms with Crippen LogP contribution in [0.1, 0.15) is 35.7 Å². The maximum absolute atomic E-state index is 12.1. The summed E-state index contributed by atoms with van der Waals surface area (Å²) in [4.78, 5) is 37.8. The minimum atomic E-state index is -0.264. The number of rotatable bonds is 9. The van der Waals surface area contributed by atoms with Crippen molar-refractivity contribution in [2.45, 2.75) is 26.3 Å². The van der Waals surface area contributed by atoms with Crippen molar-refractivity contribution >= 4 is 35.1 Å². The summed E-state index contributed by atoms with van der Waals surface area (Å²) >= 11 is 6.16. The second kappa shape index (κ2) is 11.8. The zero-order chi connectivity index (χ0) is 21.9. The number of benzene rings is 2. The van der Waals surface area contributed by atoms with E-state index in [0.717, 1.165) is 12.0 Å². The van der Waals surface area contributed by atoms with Crippen LogP contribution in [0.3, 0.4) is 0 Å². The number of carbonyl (C=O) groups is 3. The molecule has 0 saturated heterocycles. The molecule has 0 aliphatic rings. The van der Waals surface area contributed by atoms with Gasteiger partial charge in [-0.1, -0.05) is 48.9 Å². The number of nitrogens with one attached hydrogen (secondary N) is 3. The summed E-state index contributed by atoms with van der Waals surface area (Å²) in [5.41, 5.74) is 1.87. The molecule has 8 heteroatoms. The number of amides is 4. The fourth-order valence-corrected chi connectivity index (χ4v) is 2.95. The number of urea groups is 1. The van der Waals surface area contributed by atoms with Crippen molar-refractivity contribution in [1.82, 2.24) is 15.5 Å². The lowest BCUT2D eigenvalue weighted by molar-refractivity contribution is -0.116. The SMILES string of the molecule is CCCNC(=O)c1ccc(NC(=O)CCNC(=O)N(C)Cc2ccccc2)cc1Cl. The molecule has 0 bridgehead atoms. The summed E-state index contributed by atoms with van der Waals surface area (Å²) in [7, 11) is 1.70. The van der Waals surface area contributed by atoms with Crippen molar-refractivity contribution in [2.24, 2.45) is 0 Å². The number of anilines is 1. The predicted molar refractivity (Wildman–Crippen MR) is 119 cm³/mol. The third kappa shape index (κ3) is 7.40. The van der Waals surface area contributed by atoms with E-state index in [9.17, 15) is 14.4 Å². The highest BCUT2D eigenvalue weighted by Gasteiger charge is 2.12. The second-order valence-electron chi connectivity index (χ2n) is 6.82. The van der Waals surface area contributed by atoms with Crippen LogP contribution >= 0.6 is 11.6 Å². The molecule has 0 fully saturated rings. The van der Waals surface area contributed by atoms with Gasteiger partial charge in [-0.05, 0) is 30.2 Å². The Morgan fingerprint density at radius 2 is 1.73 bits per heavy atom. The molecule has 0 aliphatic heterocycles. The van der Waals surface area contributed by atoms with Crippen LogP contribution < -0.4 is 16.0 Å². The first-order chi connectivity index (χ1) is 14.4. The molecule has 2 rings (SSSR count). The van der Waals surface area contributed by atoms with E-state index in [1.807, 2.05) is 37.3 Å². The van der Waals surface area contributed by atoms with Crippen molar-refractivity contribution in [1.29, 1.82) is 0 Å². The van der Waals surface area contributed by atoms with Crippen LogP contribution in [0.15, 0.2) is 48.5 Å². The minimum Gasteiger partial charge on any atom is -0.352 e. The first-order valence-electron chi connectivity index (χ1n) is 9.81. The van der Waals surface area contributed by atoms with E-state index in [4.69, 9.17) is 11.6 Å². The molecule has 0 saturated carbocycles. The Morgan fingerprint density at radius 3 is 2.40 bits per heavy atom. The lowest BCUT2D eigenvalue weighted by Gasteiger charge is -2.18. The van der Waals surface area contributed by atoms with Crippen LogP contribution in [0.25, 0.3) is 0 Å². The summed E-state index contributed by atoms with van der Waals surface area (Å²) in [6.45, 7) is 3.22. The quantitative estimate of drug-likeness (QED) is 0.567. The van der Waals surface area contributed by atoms with Crippen LogP contribution in [0.2, 0.25) is 5.02 Å². The van der Waals surface area contributed by atoms with E-state index in [2.05, 4.69) is 16.0 Å². The first-order valence-corrected chi connectivity index (χ1v) is 10.2. The van der Waals surface area contributed by atoms with Crippen LogP contribution in [0.4, 0.5) is 10.5 Å². The molecule has 30 heavy (non-hydrogen) atoms. The second-order valence-corrected chi connectivity index (χ2v) is 7.23. The van der Waals surface area contributed by atoms with Crippen molar-refractivity contribution in [3.05, 3.63) is 64.7 Å². The van der Waals surface area contributed by atoms with Crippen LogP contribution in [0, 0.1) is 0 Å². The highest BCUT2D eigenvalue weighted by molar-refractivity contribution is 6.34. The predicted octanol–water partition coefficient (Wildman–Crippen LogP) is 3.65. The zero-order valence-electron chi connectivity index (χ0n) is 17.2. The molecule has 3 N–H and O–H groups in total. The first kappa shape index (κ1) is 23.2. The van der Waals surface area contributed by atoms with Gasteiger partial charge < -0.3 is 20.9 Å². The fourth-order valence-electron chi connectivity index (χ4n) is 2.68. The van der Waals surface area contributed by atoms with Crippen molar-refractivity contribution in [3.63, 3.8) is 0 Å². The average Bonchev–Trinajstić information content (AvgIpc) is 2.72. The minimum absolute atomic E-state index is 0.112. The average molecular weight is 431 g/mol. The van der Waals surface area contributed by atoms with E-state index in [1.165, 1.54) is 6.07 Å². The molecule has 7 nitrogen and oxygen atoms in total. The van der Waals surface area contributed by atoms with Crippen molar-refractivity contribution in [3.8, 4) is 0 Å². The van der Waals surface area contributed by atoms with Crippen LogP contribution in [0.5, 0.6) is 0 Å². The summed E-state index contributed by atoms with van der Waals surface area (Å²) in [5.74, 6) is -0.512. The van der Waals surface area contributed by atoms with Crippen LogP contribution in [-0.4, -0.2) is 42.9 Å². The standard InChI is InChI=1S/C22H27ClN4O3/c1-3-12-24-21(29)18-10-9-17(14-19(18)23)26-20(28)11-13-25-22(30)27(2)15-16-7-5-4-6-8-16/h4-10,14H,3,11-13,15H2,1-2H3,(H,24,29)(H,25,30)(H,26,28). The maximum atomic E-state index is 12.1. The van der Waals surface area contributed by atoms with Gasteiger partial charge in [0.25, 0.3) is 5.91 Å². The summed E-state index contributed by atoms with van der Waals surface area (Å²) in [6.07, 6.45) is 0.942. The van der Waals surface area contributed by atoms with Crippen molar-refractivity contribution < 1.29 is 14.4 Å². The molecule has 0 aliphatic carbocycles. The molecule has 0 radical (unpaired) electrons. The molecule has 4 amide bonds. The van der Waals surface area contributed by atoms with E-state index in [0.29, 0.717) is 24.3 Å². The Morgan fingerprint density at radius 1 is 1.00 bits per heavy atom. The van der Waals surface area contributed by atoms with E-state index >= 15 is 0 Å². The molecular formula is C22H27ClN4O3. The third-order valence-corrected chi connectivity index (χ3v) is 4.58. The van der Waals surface area contributed by atoms with Gasteiger partial charge in [0.1, 0.15) is 0 Å². The normalized spacial score (nSPS) is 10.2. The van der Waals surface area contributed by atoms with Gasteiger partial charge in [0, 0.05) is 38.8 Å². The summed E-state index contributed by atoms with van der Waals surface area (Å²) < 4.78 is 0. The number of hydrogen-bond donors (Lipinski definition) is 3. The lowest BCUT2D eigenvalue weighted by atomic mass is 10.2. The van der Waals surface area contributed by atoms with E-state index < -0.39 is 0 Å². The maximum Gasteiger partial charge on any atom is 0.317 e. The largest absolute Gasteiger partial charge is 0.352 e. The molecule has 2 aromatic rings. The number of halogens is 1. The Labute approximate surface area is 181 Å². The number of carbonyl (C=O) groups excluding carboxylic acids is 3. The third-order valence-electron chi connectivity index (χ3n) is 4.27. The van der Waals surface area contributed by atoms with Gasteiger partial charge in [-0.3, -0.25) is 9.59 Å². The van der Waals surface area contributed by atoms with Gasteiger partial charge in [-0.2, -0.15) is 0 Å². The Bertz CT molecular complexity index is 874. The van der Waals surface area contributed by atoms with E-state index in [1.54, 1.807) is 24.1 Å². The molecule has 2 aromatic carbocycles. The molecule has 0 heterocycles. The molecule has 160 valence electrons. The number of nitrogens with zero attached hydrogens (tertiary/aromatic N) is 1. The smallest absolute Gasteiger partial charge is 0.317 e. The number of hydrogen-bond acceptors (Lipinski definition) is 3. The molecule has 0 atom stereocenters. The molecular weight excluding hydrogens is 404 g/mol. The Balaban J connectivity index is 1.77. The summed E-state index contributed by atoms with van der Waals surface area (Å²) in [5, 5.41) is 8.46. The Hall–Kier alpha value is -3.06. The Kier molecular flexibility index (Phi) is 9.15. The highest BCUT2D eigenvalue weighted by atomic mass is 35.5. The molecule has 0 unspecified atom stereocenters. The monoisotopic (exact) mass is 430 g/mol. The van der Waals surface area contributed by atoms with Gasteiger partial charge in [0.05, 0.1) is 10.6 Å². The van der Waals surface area contributed by atoms with Gasteiger partial charge in [0.15, 0.2) is 0 Å². The van der Waals surface area contributed by atoms with Gasteiger partial charge >= 0.3 is 6.03 Å². The summed E-state index contributed by atoms with van der Waals surface area (Å²) in [6, 6.07) is 14.1. The highest BCUT2D eigenvalue weighted by Crippen LogP contribution is 2.21. The molecule has 0 aromatic heterocycles. The van der Waals surface area contributed by atoms with Crippen LogP contribution in [-0.2, 0) is 11.3 Å². The van der Waals surface area contributed by atoms with Crippen molar-refractivity contribution in [2.75, 3.05) is 25.5 Å². The van der Waals surface area contributed by atoms with E-state index in [-0.39, 0.29) is 35.8 Å². The van der Waals surface area contributed by atoms with Gasteiger partial charge in [-0.15, -0.1) is 0 Å². The van der Waals surface area contributed by atoms with Gasteiger partial charge in [-0.25, -0.2) is 4.79 Å². The molecule has 0 spiro atoms. The lowest BCUT2D eigenvalue weighted by Crippen LogP contribution is -2.38. The van der Waals surface area contributed by atoms with Gasteiger partial charge in [0.2, 0.25) is 5.91 Å². The fraction of sp³-hybridized carbons (Fsp3) is 0.318.